The van der Waals surface area contributed by atoms with Crippen LogP contribution < -0.4 is 5.56 Å². The van der Waals surface area contributed by atoms with Gasteiger partial charge in [-0.1, -0.05) is 13.8 Å². The van der Waals surface area contributed by atoms with E-state index in [0.29, 0.717) is 5.92 Å². The molecule has 0 bridgehead atoms. The van der Waals surface area contributed by atoms with Gasteiger partial charge in [-0.05, 0) is 12.8 Å². The van der Waals surface area contributed by atoms with Crippen molar-refractivity contribution >= 4 is 0 Å². The Morgan fingerprint density at radius 3 is 2.67 bits per heavy atom. The normalized spacial score (nSPS) is 10.7. The van der Waals surface area contributed by atoms with E-state index in [1.54, 1.807) is 10.8 Å². The second-order valence-corrected chi connectivity index (χ2v) is 3.39. The van der Waals surface area contributed by atoms with Crippen LogP contribution in [0.5, 0.6) is 0 Å². The molecule has 0 fully saturated rings. The monoisotopic (exact) mass is 166 g/mol. The van der Waals surface area contributed by atoms with Gasteiger partial charge < -0.3 is 4.57 Å². The van der Waals surface area contributed by atoms with Crippen molar-refractivity contribution < 1.29 is 0 Å². The molecule has 0 atom stereocenters. The number of hydrogen-bond acceptors (Lipinski definition) is 2. The van der Waals surface area contributed by atoms with Crippen molar-refractivity contribution in [1.82, 2.24) is 9.55 Å². The highest BCUT2D eigenvalue weighted by molar-refractivity contribution is 4.95. The summed E-state index contributed by atoms with van der Waals surface area (Å²) in [7, 11) is 0. The van der Waals surface area contributed by atoms with Crippen LogP contribution in [0.15, 0.2) is 17.2 Å². The summed E-state index contributed by atoms with van der Waals surface area (Å²) in [5, 5.41) is 0. The minimum absolute atomic E-state index is 0.0105. The second-order valence-electron chi connectivity index (χ2n) is 3.39. The van der Waals surface area contributed by atoms with Crippen molar-refractivity contribution in [2.75, 3.05) is 0 Å². The standard InChI is InChI=1S/C9H14N2O/c1-7(2)6-11-8(3)4-10-5-9(11)12/h4-5,7H,6H2,1-3H3. The first-order valence-corrected chi connectivity index (χ1v) is 4.12. The minimum atomic E-state index is -0.0105. The van der Waals surface area contributed by atoms with Crippen LogP contribution in [0, 0.1) is 12.8 Å². The Hall–Kier alpha value is -1.12. The van der Waals surface area contributed by atoms with Crippen molar-refractivity contribution in [3.63, 3.8) is 0 Å². The Balaban J connectivity index is 3.05. The van der Waals surface area contributed by atoms with Crippen molar-refractivity contribution in [3.05, 3.63) is 28.4 Å². The van der Waals surface area contributed by atoms with E-state index in [2.05, 4.69) is 18.8 Å². The molecule has 0 saturated heterocycles. The Bertz CT molecular complexity index is 315. The maximum absolute atomic E-state index is 11.3. The molecule has 0 unspecified atom stereocenters. The third-order valence-corrected chi connectivity index (χ3v) is 1.69. The van der Waals surface area contributed by atoms with Gasteiger partial charge in [0.1, 0.15) is 0 Å². The van der Waals surface area contributed by atoms with E-state index < -0.39 is 0 Å². The summed E-state index contributed by atoms with van der Waals surface area (Å²) >= 11 is 0. The average Bonchev–Trinajstić information content (AvgIpc) is 1.97. The number of aromatic nitrogens is 2. The Morgan fingerprint density at radius 1 is 1.50 bits per heavy atom. The first-order chi connectivity index (χ1) is 5.61. The van der Waals surface area contributed by atoms with E-state index in [4.69, 9.17) is 0 Å². The molecule has 1 aromatic heterocycles. The molecule has 1 aromatic rings. The molecule has 0 amide bonds. The fourth-order valence-corrected chi connectivity index (χ4v) is 1.12. The van der Waals surface area contributed by atoms with Gasteiger partial charge in [-0.25, -0.2) is 0 Å². The van der Waals surface area contributed by atoms with E-state index in [-0.39, 0.29) is 5.56 Å². The molecule has 12 heavy (non-hydrogen) atoms. The quantitative estimate of drug-likeness (QED) is 0.661. The summed E-state index contributed by atoms with van der Waals surface area (Å²) < 4.78 is 1.75. The molecule has 0 radical (unpaired) electrons. The molecule has 0 saturated carbocycles. The molecule has 0 aliphatic heterocycles. The van der Waals surface area contributed by atoms with E-state index in [1.165, 1.54) is 6.20 Å². The number of aryl methyl sites for hydroxylation is 1. The van der Waals surface area contributed by atoms with Gasteiger partial charge in [0.15, 0.2) is 0 Å². The summed E-state index contributed by atoms with van der Waals surface area (Å²) in [6.45, 7) is 6.85. The predicted molar refractivity (Wildman–Crippen MR) is 48.1 cm³/mol. The predicted octanol–water partition coefficient (Wildman–Crippen LogP) is 1.21. The van der Waals surface area contributed by atoms with Crippen molar-refractivity contribution in [2.45, 2.75) is 27.3 Å². The lowest BCUT2D eigenvalue weighted by atomic mass is 10.2. The molecule has 0 aliphatic rings. The van der Waals surface area contributed by atoms with E-state index >= 15 is 0 Å². The molecule has 3 nitrogen and oxygen atoms in total. The Kier molecular flexibility index (Phi) is 2.63. The highest BCUT2D eigenvalue weighted by atomic mass is 16.1. The Labute approximate surface area is 72.1 Å². The van der Waals surface area contributed by atoms with Gasteiger partial charge >= 0.3 is 0 Å². The summed E-state index contributed by atoms with van der Waals surface area (Å²) in [4.78, 5) is 15.1. The van der Waals surface area contributed by atoms with Crippen LogP contribution in [0.4, 0.5) is 0 Å². The molecule has 1 heterocycles. The lowest BCUT2D eigenvalue weighted by Crippen LogP contribution is -2.24. The van der Waals surface area contributed by atoms with E-state index in [1.807, 2.05) is 6.92 Å². The van der Waals surface area contributed by atoms with Gasteiger partial charge in [0.05, 0.1) is 6.20 Å². The van der Waals surface area contributed by atoms with Gasteiger partial charge in [-0.15, -0.1) is 0 Å². The highest BCUT2D eigenvalue weighted by Gasteiger charge is 2.01. The fourth-order valence-electron chi connectivity index (χ4n) is 1.12. The minimum Gasteiger partial charge on any atom is -0.310 e. The molecule has 0 aliphatic carbocycles. The summed E-state index contributed by atoms with van der Waals surface area (Å²) in [5.41, 5.74) is 0.917. The first kappa shape index (κ1) is 8.97. The van der Waals surface area contributed by atoms with Crippen molar-refractivity contribution in [3.8, 4) is 0 Å². The molecular formula is C9H14N2O. The van der Waals surface area contributed by atoms with Gasteiger partial charge in [0.2, 0.25) is 0 Å². The number of hydrogen-bond donors (Lipinski definition) is 0. The van der Waals surface area contributed by atoms with Crippen LogP contribution in [0.1, 0.15) is 19.5 Å². The largest absolute Gasteiger partial charge is 0.310 e. The maximum atomic E-state index is 11.3. The smallest absolute Gasteiger partial charge is 0.269 e. The van der Waals surface area contributed by atoms with Crippen LogP contribution in [0.3, 0.4) is 0 Å². The maximum Gasteiger partial charge on any atom is 0.269 e. The highest BCUT2D eigenvalue weighted by Crippen LogP contribution is 1.98. The Morgan fingerprint density at radius 2 is 2.17 bits per heavy atom. The molecular weight excluding hydrogens is 152 g/mol. The molecule has 3 heteroatoms. The molecule has 0 N–H and O–H groups in total. The lowest BCUT2D eigenvalue weighted by molar-refractivity contribution is 0.499. The average molecular weight is 166 g/mol. The van der Waals surface area contributed by atoms with Crippen LogP contribution in [0.2, 0.25) is 0 Å². The van der Waals surface area contributed by atoms with Gasteiger partial charge in [-0.3, -0.25) is 9.78 Å². The zero-order chi connectivity index (χ0) is 9.14. The summed E-state index contributed by atoms with van der Waals surface area (Å²) in [5.74, 6) is 0.490. The third-order valence-electron chi connectivity index (χ3n) is 1.69. The van der Waals surface area contributed by atoms with Crippen molar-refractivity contribution in [2.24, 2.45) is 5.92 Å². The first-order valence-electron chi connectivity index (χ1n) is 4.12. The van der Waals surface area contributed by atoms with Gasteiger partial charge in [0.25, 0.3) is 5.56 Å². The molecule has 1 rings (SSSR count). The van der Waals surface area contributed by atoms with Crippen LogP contribution in [0.25, 0.3) is 0 Å². The zero-order valence-corrected chi connectivity index (χ0v) is 7.74. The number of rotatable bonds is 2. The number of nitrogens with zero attached hydrogens (tertiary/aromatic N) is 2. The van der Waals surface area contributed by atoms with Crippen LogP contribution >= 0.6 is 0 Å². The van der Waals surface area contributed by atoms with E-state index in [9.17, 15) is 4.79 Å². The summed E-state index contributed by atoms with van der Waals surface area (Å²) in [6, 6.07) is 0. The molecule has 0 spiro atoms. The second kappa shape index (κ2) is 3.52. The van der Waals surface area contributed by atoms with Gasteiger partial charge in [-0.2, -0.15) is 0 Å². The van der Waals surface area contributed by atoms with Crippen LogP contribution in [-0.2, 0) is 6.54 Å². The van der Waals surface area contributed by atoms with Gasteiger partial charge in [0, 0.05) is 18.4 Å². The zero-order valence-electron chi connectivity index (χ0n) is 7.74. The van der Waals surface area contributed by atoms with E-state index in [0.717, 1.165) is 12.2 Å². The molecule has 0 aromatic carbocycles. The lowest BCUT2D eigenvalue weighted by Gasteiger charge is -2.10. The summed E-state index contributed by atoms with van der Waals surface area (Å²) in [6.07, 6.45) is 3.07. The van der Waals surface area contributed by atoms with Crippen LogP contribution in [-0.4, -0.2) is 9.55 Å². The topological polar surface area (TPSA) is 34.9 Å². The third kappa shape index (κ3) is 1.94. The van der Waals surface area contributed by atoms with Crippen molar-refractivity contribution in [1.29, 1.82) is 0 Å². The fraction of sp³-hybridized carbons (Fsp3) is 0.556. The SMILES string of the molecule is Cc1cncc(=O)n1CC(C)C. The molecule has 66 valence electrons.